The summed E-state index contributed by atoms with van der Waals surface area (Å²) in [4.78, 5) is 23.0. The van der Waals surface area contributed by atoms with Crippen LogP contribution in [0.3, 0.4) is 0 Å². The second-order valence-electron chi connectivity index (χ2n) is 6.48. The minimum atomic E-state index is -0.981. The van der Waals surface area contributed by atoms with Crippen LogP contribution in [-0.2, 0) is 9.53 Å². The molecule has 1 atom stereocenters. The van der Waals surface area contributed by atoms with Gasteiger partial charge in [-0.2, -0.15) is 0 Å². The van der Waals surface area contributed by atoms with Gasteiger partial charge in [0.15, 0.2) is 0 Å². The van der Waals surface area contributed by atoms with Crippen LogP contribution in [0.5, 0.6) is 0 Å². The standard InChI is InChI=1S/C14H25NO4/c1-9-5-7-10(8-6-9)11(12(16)17)15-13(18)19-14(2,3)4/h9-11H,5-8H2,1-4H3,(H,15,18)(H,16,17)/t9?,10?,11-/m0/s1. The zero-order valence-electron chi connectivity index (χ0n) is 12.2. The number of carbonyl (C=O) groups excluding carboxylic acids is 1. The Morgan fingerprint density at radius 2 is 1.74 bits per heavy atom. The lowest BCUT2D eigenvalue weighted by Gasteiger charge is -2.31. The Bertz CT molecular complexity index is 327. The van der Waals surface area contributed by atoms with Crippen LogP contribution in [0.25, 0.3) is 0 Å². The van der Waals surface area contributed by atoms with E-state index in [9.17, 15) is 14.7 Å². The summed E-state index contributed by atoms with van der Waals surface area (Å²) in [6, 6.07) is -0.845. The molecule has 0 unspecified atom stereocenters. The van der Waals surface area contributed by atoms with Crippen LogP contribution in [-0.4, -0.2) is 28.8 Å². The normalized spacial score (nSPS) is 25.5. The molecule has 1 rings (SSSR count). The monoisotopic (exact) mass is 271 g/mol. The van der Waals surface area contributed by atoms with Gasteiger partial charge in [-0.3, -0.25) is 0 Å². The van der Waals surface area contributed by atoms with Gasteiger partial charge in [0, 0.05) is 0 Å². The number of carboxylic acid groups (broad SMARTS) is 1. The molecule has 1 amide bonds. The number of aliphatic carboxylic acids is 1. The van der Waals surface area contributed by atoms with Gasteiger partial charge in [0.1, 0.15) is 11.6 Å². The first-order valence-electron chi connectivity index (χ1n) is 6.91. The van der Waals surface area contributed by atoms with Gasteiger partial charge in [-0.15, -0.1) is 0 Å². The number of rotatable bonds is 3. The highest BCUT2D eigenvalue weighted by Crippen LogP contribution is 2.30. The van der Waals surface area contributed by atoms with Gasteiger partial charge < -0.3 is 15.2 Å². The quantitative estimate of drug-likeness (QED) is 0.827. The molecule has 1 saturated carbocycles. The molecule has 0 aromatic heterocycles. The van der Waals surface area contributed by atoms with Crippen molar-refractivity contribution in [3.8, 4) is 0 Å². The molecule has 1 fully saturated rings. The first kappa shape index (κ1) is 15.8. The summed E-state index contributed by atoms with van der Waals surface area (Å²) in [5.74, 6) is -0.334. The fourth-order valence-electron chi connectivity index (χ4n) is 2.43. The molecule has 0 radical (unpaired) electrons. The molecule has 1 aliphatic carbocycles. The first-order chi connectivity index (χ1) is 8.69. The zero-order valence-corrected chi connectivity index (χ0v) is 12.2. The molecule has 0 heterocycles. The van der Waals surface area contributed by atoms with Crippen molar-refractivity contribution >= 4 is 12.1 Å². The zero-order chi connectivity index (χ0) is 14.6. The average Bonchev–Trinajstić information content (AvgIpc) is 2.24. The summed E-state index contributed by atoms with van der Waals surface area (Å²) in [5.41, 5.74) is -0.617. The van der Waals surface area contributed by atoms with Gasteiger partial charge in [-0.1, -0.05) is 19.8 Å². The second-order valence-corrected chi connectivity index (χ2v) is 6.48. The minimum absolute atomic E-state index is 0.00113. The van der Waals surface area contributed by atoms with Crippen LogP contribution in [0.1, 0.15) is 53.4 Å². The summed E-state index contributed by atoms with van der Waals surface area (Å²) in [7, 11) is 0. The van der Waals surface area contributed by atoms with Crippen molar-refractivity contribution in [3.05, 3.63) is 0 Å². The smallest absolute Gasteiger partial charge is 0.408 e. The van der Waals surface area contributed by atoms with Crippen LogP contribution >= 0.6 is 0 Å². The SMILES string of the molecule is CC1CCC([C@H](NC(=O)OC(C)(C)C)C(=O)O)CC1. The number of hydrogen-bond acceptors (Lipinski definition) is 3. The molecule has 0 bridgehead atoms. The van der Waals surface area contributed by atoms with Gasteiger partial charge in [-0.05, 0) is 45.4 Å². The molecule has 0 aromatic carbocycles. The average molecular weight is 271 g/mol. The van der Waals surface area contributed by atoms with Crippen molar-refractivity contribution < 1.29 is 19.4 Å². The van der Waals surface area contributed by atoms with Crippen LogP contribution in [0.2, 0.25) is 0 Å². The molecule has 0 aliphatic heterocycles. The van der Waals surface area contributed by atoms with Crippen molar-refractivity contribution in [2.75, 3.05) is 0 Å². The highest BCUT2D eigenvalue weighted by Gasteiger charge is 2.33. The molecular weight excluding hydrogens is 246 g/mol. The number of hydrogen-bond donors (Lipinski definition) is 2. The summed E-state index contributed by atoms with van der Waals surface area (Å²) >= 11 is 0. The predicted molar refractivity (Wildman–Crippen MR) is 71.9 cm³/mol. The van der Waals surface area contributed by atoms with Gasteiger partial charge in [0.05, 0.1) is 0 Å². The van der Waals surface area contributed by atoms with Crippen LogP contribution < -0.4 is 5.32 Å². The Balaban J connectivity index is 2.58. The third-order valence-electron chi connectivity index (χ3n) is 3.47. The van der Waals surface area contributed by atoms with Crippen molar-refractivity contribution in [1.82, 2.24) is 5.32 Å². The van der Waals surface area contributed by atoms with E-state index in [-0.39, 0.29) is 5.92 Å². The summed E-state index contributed by atoms with van der Waals surface area (Å²) in [5, 5.41) is 11.8. The molecule has 1 aliphatic rings. The van der Waals surface area contributed by atoms with Crippen LogP contribution in [0, 0.1) is 11.8 Å². The minimum Gasteiger partial charge on any atom is -0.480 e. The predicted octanol–water partition coefficient (Wildman–Crippen LogP) is 2.79. The van der Waals surface area contributed by atoms with E-state index in [4.69, 9.17) is 4.74 Å². The molecule has 0 spiro atoms. The Labute approximate surface area is 114 Å². The van der Waals surface area contributed by atoms with Crippen molar-refractivity contribution in [2.24, 2.45) is 11.8 Å². The molecule has 5 heteroatoms. The van der Waals surface area contributed by atoms with E-state index in [1.807, 2.05) is 0 Å². The molecular formula is C14H25NO4. The first-order valence-corrected chi connectivity index (χ1v) is 6.91. The molecule has 0 saturated heterocycles. The van der Waals surface area contributed by atoms with E-state index >= 15 is 0 Å². The summed E-state index contributed by atoms with van der Waals surface area (Å²) in [6.45, 7) is 7.44. The number of alkyl carbamates (subject to hydrolysis) is 1. The highest BCUT2D eigenvalue weighted by molar-refractivity contribution is 5.80. The summed E-state index contributed by atoms with van der Waals surface area (Å²) in [6.07, 6.45) is 3.06. The van der Waals surface area contributed by atoms with Crippen molar-refractivity contribution in [1.29, 1.82) is 0 Å². The molecule has 19 heavy (non-hydrogen) atoms. The largest absolute Gasteiger partial charge is 0.480 e. The molecule has 110 valence electrons. The van der Waals surface area contributed by atoms with E-state index in [0.717, 1.165) is 25.7 Å². The fraction of sp³-hybridized carbons (Fsp3) is 0.857. The van der Waals surface area contributed by atoms with Crippen LogP contribution in [0.4, 0.5) is 4.79 Å². The maximum absolute atomic E-state index is 11.7. The third-order valence-corrected chi connectivity index (χ3v) is 3.47. The maximum Gasteiger partial charge on any atom is 0.408 e. The van der Waals surface area contributed by atoms with Crippen molar-refractivity contribution in [3.63, 3.8) is 0 Å². The molecule has 5 nitrogen and oxygen atoms in total. The van der Waals surface area contributed by atoms with Gasteiger partial charge in [-0.25, -0.2) is 9.59 Å². The maximum atomic E-state index is 11.7. The van der Waals surface area contributed by atoms with Crippen LogP contribution in [0.15, 0.2) is 0 Å². The van der Waals surface area contributed by atoms with Gasteiger partial charge in [0.25, 0.3) is 0 Å². The van der Waals surface area contributed by atoms with E-state index < -0.39 is 23.7 Å². The van der Waals surface area contributed by atoms with E-state index in [2.05, 4.69) is 12.2 Å². The Hall–Kier alpha value is -1.26. The number of ether oxygens (including phenoxy) is 1. The van der Waals surface area contributed by atoms with E-state index in [1.54, 1.807) is 20.8 Å². The lowest BCUT2D eigenvalue weighted by molar-refractivity contribution is -0.141. The highest BCUT2D eigenvalue weighted by atomic mass is 16.6. The second kappa shape index (κ2) is 6.26. The number of carboxylic acids is 1. The topological polar surface area (TPSA) is 75.6 Å². The third kappa shape index (κ3) is 5.49. The Kier molecular flexibility index (Phi) is 5.20. The lowest BCUT2D eigenvalue weighted by Crippen LogP contribution is -2.48. The number of amides is 1. The molecule has 2 N–H and O–H groups in total. The Morgan fingerprint density at radius 1 is 1.21 bits per heavy atom. The number of nitrogens with one attached hydrogen (secondary N) is 1. The van der Waals surface area contributed by atoms with Crippen molar-refractivity contribution in [2.45, 2.75) is 65.0 Å². The fourth-order valence-corrected chi connectivity index (χ4v) is 2.43. The lowest BCUT2D eigenvalue weighted by atomic mass is 9.79. The van der Waals surface area contributed by atoms with E-state index in [1.165, 1.54) is 0 Å². The van der Waals surface area contributed by atoms with E-state index in [0.29, 0.717) is 5.92 Å². The molecule has 0 aromatic rings. The van der Waals surface area contributed by atoms with Gasteiger partial charge >= 0.3 is 12.1 Å². The van der Waals surface area contributed by atoms with Gasteiger partial charge in [0.2, 0.25) is 0 Å². The summed E-state index contributed by atoms with van der Waals surface area (Å²) < 4.78 is 5.12. The number of carbonyl (C=O) groups is 2. The Morgan fingerprint density at radius 3 is 2.16 bits per heavy atom.